The molecule has 1 fully saturated rings. The monoisotopic (exact) mass is 322 g/mol. The Morgan fingerprint density at radius 1 is 1.43 bits per heavy atom. The highest BCUT2D eigenvalue weighted by Gasteiger charge is 2.32. The zero-order chi connectivity index (χ0) is 15.0. The molecule has 6 heteroatoms. The van der Waals surface area contributed by atoms with Crippen molar-refractivity contribution in [1.29, 1.82) is 0 Å². The number of rotatable bonds is 3. The summed E-state index contributed by atoms with van der Waals surface area (Å²) >= 11 is 7.62. The van der Waals surface area contributed by atoms with Crippen LogP contribution in [0, 0.1) is 0 Å². The molecule has 0 saturated carbocycles. The molecular formula is C15H15ClN2O2S. The highest BCUT2D eigenvalue weighted by Crippen LogP contribution is 2.30. The summed E-state index contributed by atoms with van der Waals surface area (Å²) in [4.78, 5) is 25.4. The fourth-order valence-electron chi connectivity index (χ4n) is 2.82. The van der Waals surface area contributed by atoms with Crippen molar-refractivity contribution in [3.05, 3.63) is 34.2 Å². The van der Waals surface area contributed by atoms with Crippen LogP contribution in [0.3, 0.4) is 0 Å². The molecule has 1 saturated heterocycles. The van der Waals surface area contributed by atoms with E-state index >= 15 is 0 Å². The minimum Gasteiger partial charge on any atom is -0.368 e. The molecule has 2 N–H and O–H groups in total. The summed E-state index contributed by atoms with van der Waals surface area (Å²) in [5.74, 6) is -0.463. The van der Waals surface area contributed by atoms with Gasteiger partial charge in [-0.3, -0.25) is 9.59 Å². The molecule has 1 aromatic carbocycles. The van der Waals surface area contributed by atoms with Gasteiger partial charge in [0, 0.05) is 16.3 Å². The number of likely N-dealkylation sites (tertiary alicyclic amines) is 1. The lowest BCUT2D eigenvalue weighted by Gasteiger charge is -2.22. The summed E-state index contributed by atoms with van der Waals surface area (Å²) in [6.45, 7) is 0.606. The van der Waals surface area contributed by atoms with E-state index in [1.54, 1.807) is 16.2 Å². The van der Waals surface area contributed by atoms with Crippen LogP contribution in [0.15, 0.2) is 23.6 Å². The van der Waals surface area contributed by atoms with Crippen LogP contribution in [-0.2, 0) is 16.0 Å². The Labute approximate surface area is 131 Å². The summed E-state index contributed by atoms with van der Waals surface area (Å²) in [6, 6.07) is 5.23. The molecule has 2 amide bonds. The number of amides is 2. The molecule has 0 spiro atoms. The molecule has 0 unspecified atom stereocenters. The van der Waals surface area contributed by atoms with Crippen LogP contribution in [0.5, 0.6) is 0 Å². The predicted molar refractivity (Wildman–Crippen MR) is 84.5 cm³/mol. The van der Waals surface area contributed by atoms with E-state index in [9.17, 15) is 9.59 Å². The molecule has 0 aliphatic carbocycles. The lowest BCUT2D eigenvalue weighted by atomic mass is 10.1. The van der Waals surface area contributed by atoms with Crippen LogP contribution in [0.2, 0.25) is 5.02 Å². The Balaban J connectivity index is 1.83. The summed E-state index contributed by atoms with van der Waals surface area (Å²) in [6.07, 6.45) is 1.77. The molecule has 2 heterocycles. The SMILES string of the molecule is NC(=O)[C@H]1CCCN1C(=O)Cc1csc2ccc(Cl)cc12. The van der Waals surface area contributed by atoms with Crippen molar-refractivity contribution in [3.63, 3.8) is 0 Å². The number of nitrogens with zero attached hydrogens (tertiary/aromatic N) is 1. The average Bonchev–Trinajstić information content (AvgIpc) is 3.06. The van der Waals surface area contributed by atoms with Gasteiger partial charge in [-0.2, -0.15) is 0 Å². The number of benzene rings is 1. The standard InChI is InChI=1S/C15H15ClN2O2S/c16-10-3-4-13-11(7-10)9(8-21-13)6-14(19)18-5-1-2-12(18)15(17)20/h3-4,7-8,12H,1-2,5-6H2,(H2,17,20)/t12-/m1/s1. The molecule has 21 heavy (non-hydrogen) atoms. The lowest BCUT2D eigenvalue weighted by molar-refractivity contribution is -0.136. The van der Waals surface area contributed by atoms with E-state index in [0.29, 0.717) is 18.0 Å². The first-order chi connectivity index (χ1) is 10.1. The predicted octanol–water partition coefficient (Wildman–Crippen LogP) is 2.57. The van der Waals surface area contributed by atoms with Gasteiger partial charge in [0.05, 0.1) is 6.42 Å². The average molecular weight is 323 g/mol. The Bertz CT molecular complexity index is 713. The summed E-state index contributed by atoms with van der Waals surface area (Å²) in [5.41, 5.74) is 6.32. The van der Waals surface area contributed by atoms with Gasteiger partial charge in [0.25, 0.3) is 0 Å². The zero-order valence-corrected chi connectivity index (χ0v) is 12.9. The Morgan fingerprint density at radius 2 is 2.24 bits per heavy atom. The second-order valence-corrected chi connectivity index (χ2v) is 6.57. The first-order valence-electron chi connectivity index (χ1n) is 6.80. The van der Waals surface area contributed by atoms with Crippen molar-refractivity contribution in [1.82, 2.24) is 4.90 Å². The first-order valence-corrected chi connectivity index (χ1v) is 8.06. The number of hydrogen-bond acceptors (Lipinski definition) is 3. The van der Waals surface area contributed by atoms with E-state index in [1.165, 1.54) is 0 Å². The van der Waals surface area contributed by atoms with Gasteiger partial charge < -0.3 is 10.6 Å². The van der Waals surface area contributed by atoms with E-state index in [2.05, 4.69) is 0 Å². The zero-order valence-electron chi connectivity index (χ0n) is 11.3. The molecule has 110 valence electrons. The molecule has 2 aromatic rings. The maximum Gasteiger partial charge on any atom is 0.240 e. The molecule has 1 atom stereocenters. The van der Waals surface area contributed by atoms with Crippen molar-refractivity contribution in [2.75, 3.05) is 6.54 Å². The molecule has 1 aromatic heterocycles. The van der Waals surface area contributed by atoms with Gasteiger partial charge >= 0.3 is 0 Å². The molecule has 1 aliphatic rings. The van der Waals surface area contributed by atoms with Crippen molar-refractivity contribution in [2.24, 2.45) is 5.73 Å². The molecule has 0 bridgehead atoms. The van der Waals surface area contributed by atoms with Crippen molar-refractivity contribution >= 4 is 44.8 Å². The Morgan fingerprint density at radius 3 is 3.00 bits per heavy atom. The third-order valence-electron chi connectivity index (χ3n) is 3.86. The number of nitrogens with two attached hydrogens (primary N) is 1. The van der Waals surface area contributed by atoms with E-state index in [-0.39, 0.29) is 12.3 Å². The maximum atomic E-state index is 12.4. The van der Waals surface area contributed by atoms with E-state index in [1.807, 2.05) is 23.6 Å². The topological polar surface area (TPSA) is 63.4 Å². The van der Waals surface area contributed by atoms with Gasteiger partial charge in [0.2, 0.25) is 11.8 Å². The van der Waals surface area contributed by atoms with Crippen LogP contribution in [-0.4, -0.2) is 29.3 Å². The molecule has 0 radical (unpaired) electrons. The smallest absolute Gasteiger partial charge is 0.240 e. The van der Waals surface area contributed by atoms with Crippen molar-refractivity contribution < 1.29 is 9.59 Å². The number of carbonyl (C=O) groups excluding carboxylic acids is 2. The van der Waals surface area contributed by atoms with E-state index in [0.717, 1.165) is 22.1 Å². The fourth-order valence-corrected chi connectivity index (χ4v) is 3.93. The minimum atomic E-state index is -0.453. The summed E-state index contributed by atoms with van der Waals surface area (Å²) in [5, 5.41) is 3.65. The van der Waals surface area contributed by atoms with Crippen molar-refractivity contribution in [2.45, 2.75) is 25.3 Å². The molecular weight excluding hydrogens is 308 g/mol. The third kappa shape index (κ3) is 2.76. The van der Waals surface area contributed by atoms with Crippen LogP contribution < -0.4 is 5.73 Å². The lowest BCUT2D eigenvalue weighted by Crippen LogP contribution is -2.44. The highest BCUT2D eigenvalue weighted by molar-refractivity contribution is 7.17. The highest BCUT2D eigenvalue weighted by atomic mass is 35.5. The van der Waals surface area contributed by atoms with E-state index < -0.39 is 11.9 Å². The number of halogens is 1. The normalized spacial score (nSPS) is 18.3. The van der Waals surface area contributed by atoms with Crippen LogP contribution in [0.4, 0.5) is 0 Å². The van der Waals surface area contributed by atoms with Gasteiger partial charge in [0.15, 0.2) is 0 Å². The first kappa shape index (κ1) is 14.4. The largest absolute Gasteiger partial charge is 0.368 e. The molecule has 3 rings (SSSR count). The summed E-state index contributed by atoms with van der Waals surface area (Å²) < 4.78 is 1.11. The maximum absolute atomic E-state index is 12.4. The minimum absolute atomic E-state index is 0.0454. The van der Waals surface area contributed by atoms with E-state index in [4.69, 9.17) is 17.3 Å². The molecule has 1 aliphatic heterocycles. The third-order valence-corrected chi connectivity index (χ3v) is 5.11. The van der Waals surface area contributed by atoms with Gasteiger partial charge in [-0.05, 0) is 47.4 Å². The van der Waals surface area contributed by atoms with Crippen LogP contribution in [0.1, 0.15) is 18.4 Å². The van der Waals surface area contributed by atoms with Gasteiger partial charge in [-0.25, -0.2) is 0 Å². The van der Waals surface area contributed by atoms with Gasteiger partial charge in [-0.15, -0.1) is 11.3 Å². The summed E-state index contributed by atoms with van der Waals surface area (Å²) in [7, 11) is 0. The Kier molecular flexibility index (Phi) is 3.87. The number of thiophene rings is 1. The fraction of sp³-hybridized carbons (Fsp3) is 0.333. The number of fused-ring (bicyclic) bond motifs is 1. The van der Waals surface area contributed by atoms with Crippen LogP contribution >= 0.6 is 22.9 Å². The van der Waals surface area contributed by atoms with Gasteiger partial charge in [-0.1, -0.05) is 11.6 Å². The van der Waals surface area contributed by atoms with Crippen molar-refractivity contribution in [3.8, 4) is 0 Å². The number of hydrogen-bond donors (Lipinski definition) is 1. The Hall–Kier alpha value is -1.59. The second kappa shape index (κ2) is 5.66. The number of carbonyl (C=O) groups is 2. The van der Waals surface area contributed by atoms with Gasteiger partial charge in [0.1, 0.15) is 6.04 Å². The molecule has 4 nitrogen and oxygen atoms in total. The quantitative estimate of drug-likeness (QED) is 0.944. The van der Waals surface area contributed by atoms with Crippen LogP contribution in [0.25, 0.3) is 10.1 Å². The number of primary amides is 1. The second-order valence-electron chi connectivity index (χ2n) is 5.23.